The number of nitrogens with zero attached hydrogens (tertiary/aromatic N) is 1. The number of rotatable bonds is 5. The van der Waals surface area contributed by atoms with Crippen LogP contribution < -0.4 is 15.8 Å². The second-order valence-electron chi connectivity index (χ2n) is 4.10. The SMILES string of the molecule is Nc1cccc(C(=O)O)c1OCCN1CCNC1=O. The molecule has 1 fully saturated rings. The van der Waals surface area contributed by atoms with Gasteiger partial charge < -0.3 is 25.8 Å². The highest BCUT2D eigenvalue weighted by molar-refractivity contribution is 5.93. The van der Waals surface area contributed by atoms with E-state index in [4.69, 9.17) is 15.6 Å². The lowest BCUT2D eigenvalue weighted by Crippen LogP contribution is -2.32. The van der Waals surface area contributed by atoms with Gasteiger partial charge in [-0.05, 0) is 12.1 Å². The number of ether oxygens (including phenoxy) is 1. The van der Waals surface area contributed by atoms with Gasteiger partial charge in [0.15, 0.2) is 5.75 Å². The number of urea groups is 1. The van der Waals surface area contributed by atoms with Crippen LogP contribution in [0.25, 0.3) is 0 Å². The van der Waals surface area contributed by atoms with Crippen molar-refractivity contribution in [3.63, 3.8) is 0 Å². The Morgan fingerprint density at radius 1 is 1.53 bits per heavy atom. The van der Waals surface area contributed by atoms with Crippen molar-refractivity contribution in [3.05, 3.63) is 23.8 Å². The highest BCUT2D eigenvalue weighted by Gasteiger charge is 2.19. The van der Waals surface area contributed by atoms with Crippen molar-refractivity contribution in [3.8, 4) is 5.75 Å². The summed E-state index contributed by atoms with van der Waals surface area (Å²) in [4.78, 5) is 23.9. The van der Waals surface area contributed by atoms with E-state index in [2.05, 4.69) is 5.32 Å². The molecule has 0 bridgehead atoms. The molecule has 7 nitrogen and oxygen atoms in total. The van der Waals surface area contributed by atoms with Crippen LogP contribution in [0.4, 0.5) is 10.5 Å². The van der Waals surface area contributed by atoms with Crippen LogP contribution in [0.5, 0.6) is 5.75 Å². The predicted molar refractivity (Wildman–Crippen MR) is 68.3 cm³/mol. The molecule has 2 amide bonds. The Bertz CT molecular complexity index is 504. The third kappa shape index (κ3) is 2.87. The van der Waals surface area contributed by atoms with Gasteiger partial charge in [-0.3, -0.25) is 0 Å². The summed E-state index contributed by atoms with van der Waals surface area (Å²) >= 11 is 0. The summed E-state index contributed by atoms with van der Waals surface area (Å²) in [6.07, 6.45) is 0. The van der Waals surface area contributed by atoms with E-state index in [-0.39, 0.29) is 29.6 Å². The van der Waals surface area contributed by atoms with Gasteiger partial charge in [0, 0.05) is 13.1 Å². The van der Waals surface area contributed by atoms with E-state index in [1.165, 1.54) is 6.07 Å². The molecular weight excluding hydrogens is 250 g/mol. The molecule has 2 rings (SSSR count). The third-order valence-electron chi connectivity index (χ3n) is 2.83. The molecule has 1 aliphatic rings. The Kier molecular flexibility index (Phi) is 3.74. The van der Waals surface area contributed by atoms with E-state index < -0.39 is 5.97 Å². The molecule has 0 saturated carbocycles. The van der Waals surface area contributed by atoms with Gasteiger partial charge in [0.05, 0.1) is 12.2 Å². The van der Waals surface area contributed by atoms with E-state index in [0.717, 1.165) is 0 Å². The first kappa shape index (κ1) is 13.0. The van der Waals surface area contributed by atoms with Crippen molar-refractivity contribution < 1.29 is 19.4 Å². The number of carbonyl (C=O) groups is 2. The summed E-state index contributed by atoms with van der Waals surface area (Å²) in [6.45, 7) is 1.83. The van der Waals surface area contributed by atoms with E-state index in [1.54, 1.807) is 17.0 Å². The molecule has 7 heteroatoms. The maximum atomic E-state index is 11.3. The van der Waals surface area contributed by atoms with Gasteiger partial charge in [-0.25, -0.2) is 9.59 Å². The summed E-state index contributed by atoms with van der Waals surface area (Å²) in [7, 11) is 0. The standard InChI is InChI=1S/C12H15N3O4/c13-9-3-1-2-8(11(16)17)10(9)19-7-6-15-5-4-14-12(15)18/h1-3H,4-7,13H2,(H,14,18)(H,16,17). The number of amides is 2. The fourth-order valence-electron chi connectivity index (χ4n) is 1.87. The number of nitrogen functional groups attached to an aromatic ring is 1. The lowest BCUT2D eigenvalue weighted by atomic mass is 10.2. The first-order valence-corrected chi connectivity index (χ1v) is 5.87. The molecule has 0 aromatic heterocycles. The number of hydrogen-bond acceptors (Lipinski definition) is 4. The van der Waals surface area contributed by atoms with Crippen molar-refractivity contribution in [2.75, 3.05) is 32.0 Å². The van der Waals surface area contributed by atoms with Crippen molar-refractivity contribution in [2.45, 2.75) is 0 Å². The minimum absolute atomic E-state index is 0.0193. The molecule has 1 heterocycles. The smallest absolute Gasteiger partial charge is 0.339 e. The third-order valence-corrected chi connectivity index (χ3v) is 2.83. The summed E-state index contributed by atoms with van der Waals surface area (Å²) in [5.41, 5.74) is 5.99. The van der Waals surface area contributed by atoms with Gasteiger partial charge >= 0.3 is 12.0 Å². The molecule has 19 heavy (non-hydrogen) atoms. The molecule has 1 aliphatic heterocycles. The lowest BCUT2D eigenvalue weighted by molar-refractivity contribution is 0.0692. The maximum absolute atomic E-state index is 11.3. The molecule has 0 atom stereocenters. The zero-order chi connectivity index (χ0) is 13.8. The van der Waals surface area contributed by atoms with Crippen LogP contribution in [0, 0.1) is 0 Å². The maximum Gasteiger partial charge on any atom is 0.339 e. The first-order chi connectivity index (χ1) is 9.09. The van der Waals surface area contributed by atoms with Crippen LogP contribution >= 0.6 is 0 Å². The van der Waals surface area contributed by atoms with E-state index in [1.807, 2.05) is 0 Å². The summed E-state index contributed by atoms with van der Waals surface area (Å²) in [5.74, 6) is -0.948. The van der Waals surface area contributed by atoms with Crippen LogP contribution in [-0.4, -0.2) is 48.2 Å². The highest BCUT2D eigenvalue weighted by atomic mass is 16.5. The van der Waals surface area contributed by atoms with Crippen molar-refractivity contribution in [1.82, 2.24) is 10.2 Å². The number of anilines is 1. The number of carboxylic acid groups (broad SMARTS) is 1. The number of aromatic carboxylic acids is 1. The molecule has 1 aromatic rings. The van der Waals surface area contributed by atoms with Crippen molar-refractivity contribution in [1.29, 1.82) is 0 Å². The van der Waals surface area contributed by atoms with Crippen LogP contribution in [0.15, 0.2) is 18.2 Å². The zero-order valence-electron chi connectivity index (χ0n) is 10.3. The van der Waals surface area contributed by atoms with Crippen LogP contribution in [0.2, 0.25) is 0 Å². The van der Waals surface area contributed by atoms with Crippen molar-refractivity contribution >= 4 is 17.7 Å². The van der Waals surface area contributed by atoms with Crippen LogP contribution in [0.3, 0.4) is 0 Å². The summed E-state index contributed by atoms with van der Waals surface area (Å²) < 4.78 is 5.41. The molecule has 0 aliphatic carbocycles. The second-order valence-corrected chi connectivity index (χ2v) is 4.10. The van der Waals surface area contributed by atoms with E-state index in [9.17, 15) is 9.59 Å². The van der Waals surface area contributed by atoms with Gasteiger partial charge in [-0.1, -0.05) is 6.07 Å². The molecule has 0 radical (unpaired) electrons. The summed E-state index contributed by atoms with van der Waals surface area (Å²) in [5, 5.41) is 11.7. The summed E-state index contributed by atoms with van der Waals surface area (Å²) in [6, 6.07) is 4.42. The Balaban J connectivity index is 1.99. The zero-order valence-corrected chi connectivity index (χ0v) is 10.3. The lowest BCUT2D eigenvalue weighted by Gasteiger charge is -2.16. The number of carboxylic acids is 1. The number of benzene rings is 1. The largest absolute Gasteiger partial charge is 0.489 e. The quantitative estimate of drug-likeness (QED) is 0.667. The predicted octanol–water partition coefficient (Wildman–Crippen LogP) is 0.371. The van der Waals surface area contributed by atoms with Gasteiger partial charge in [0.25, 0.3) is 0 Å². The minimum Gasteiger partial charge on any atom is -0.489 e. The number of hydrogen-bond donors (Lipinski definition) is 3. The van der Waals surface area contributed by atoms with Gasteiger partial charge in [0.2, 0.25) is 0 Å². The Labute approximate surface area is 109 Å². The molecule has 1 aromatic carbocycles. The van der Waals surface area contributed by atoms with Gasteiger partial charge in [0.1, 0.15) is 12.2 Å². The number of para-hydroxylation sites is 1. The van der Waals surface area contributed by atoms with Crippen LogP contribution in [-0.2, 0) is 0 Å². The normalized spacial score (nSPS) is 14.3. The Morgan fingerprint density at radius 2 is 2.32 bits per heavy atom. The Hall–Kier alpha value is -2.44. The fourth-order valence-corrected chi connectivity index (χ4v) is 1.87. The monoisotopic (exact) mass is 265 g/mol. The molecular formula is C12H15N3O4. The molecule has 4 N–H and O–H groups in total. The Morgan fingerprint density at radius 3 is 2.95 bits per heavy atom. The first-order valence-electron chi connectivity index (χ1n) is 5.87. The average molecular weight is 265 g/mol. The molecule has 0 spiro atoms. The molecule has 0 unspecified atom stereocenters. The average Bonchev–Trinajstić information content (AvgIpc) is 2.77. The number of nitrogens with two attached hydrogens (primary N) is 1. The molecule has 1 saturated heterocycles. The van der Waals surface area contributed by atoms with Gasteiger partial charge in [-0.2, -0.15) is 0 Å². The topological polar surface area (TPSA) is 105 Å². The van der Waals surface area contributed by atoms with Crippen molar-refractivity contribution in [2.24, 2.45) is 0 Å². The van der Waals surface area contributed by atoms with Gasteiger partial charge in [-0.15, -0.1) is 0 Å². The number of nitrogens with one attached hydrogen (secondary N) is 1. The highest BCUT2D eigenvalue weighted by Crippen LogP contribution is 2.26. The molecule has 102 valence electrons. The minimum atomic E-state index is -1.10. The second kappa shape index (κ2) is 5.47. The van der Waals surface area contributed by atoms with E-state index in [0.29, 0.717) is 19.6 Å². The van der Waals surface area contributed by atoms with Crippen LogP contribution in [0.1, 0.15) is 10.4 Å². The number of carbonyl (C=O) groups excluding carboxylic acids is 1. The van der Waals surface area contributed by atoms with E-state index >= 15 is 0 Å². The fraction of sp³-hybridized carbons (Fsp3) is 0.333.